The molecule has 2 aliphatic rings. The first-order valence-corrected chi connectivity index (χ1v) is 44.7. The van der Waals surface area contributed by atoms with Crippen molar-refractivity contribution in [2.45, 2.75) is 58.1 Å². The summed E-state index contributed by atoms with van der Waals surface area (Å²) >= 11 is -4.88. The Balaban J connectivity index is 1.08. The summed E-state index contributed by atoms with van der Waals surface area (Å²) in [5, 5.41) is 20.6. The van der Waals surface area contributed by atoms with E-state index in [9.17, 15) is 0 Å². The molecule has 14 aromatic carbocycles. The second kappa shape index (κ2) is 19.1. The zero-order valence-corrected chi connectivity index (χ0v) is 54.5. The van der Waals surface area contributed by atoms with Gasteiger partial charge in [-0.05, 0) is 0 Å². The first-order valence-electron chi connectivity index (χ1n) is 31.0. The standard InChI is InChI=1S/2C41H31.2CH3.H2Si.Zr/c2*1-41(2,3)30-24-37-35(39-31-16-8-4-12-26(31)22-27-13-5-9-17-32(27)39)20-21-36(38(37)25-30)40-33-18-10-6-14-28(33)23-29-15-7-11-19-34(29)40;;;;/h2*4-25H,1-3H3;2*1H3;1H2;. The van der Waals surface area contributed by atoms with E-state index in [0.717, 1.165) is 0 Å². The fourth-order valence-corrected chi connectivity index (χ4v) is 36.1. The van der Waals surface area contributed by atoms with Crippen molar-refractivity contribution in [1.82, 2.24) is 0 Å². The van der Waals surface area contributed by atoms with Crippen molar-refractivity contribution in [3.8, 4) is 44.5 Å². The summed E-state index contributed by atoms with van der Waals surface area (Å²) < 4.78 is 6.10. The zero-order chi connectivity index (χ0) is 58.6. The molecular weight excluding hydrogens is 1130 g/mol. The van der Waals surface area contributed by atoms with Crippen LogP contribution in [-0.4, -0.2) is 6.88 Å². The van der Waals surface area contributed by atoms with Crippen LogP contribution in [0.4, 0.5) is 0 Å². The van der Waals surface area contributed by atoms with E-state index >= 15 is 0 Å². The summed E-state index contributed by atoms with van der Waals surface area (Å²) in [4.78, 5) is 0. The zero-order valence-electron chi connectivity index (χ0n) is 50.6. The second-order valence-corrected chi connectivity index (χ2v) is 58.7. The van der Waals surface area contributed by atoms with Gasteiger partial charge in [0, 0.05) is 0 Å². The molecule has 2 aliphatic carbocycles. The molecule has 2 heteroatoms. The van der Waals surface area contributed by atoms with Gasteiger partial charge < -0.3 is 0 Å². The Morgan fingerprint density at radius 3 is 0.698 bits per heavy atom. The van der Waals surface area contributed by atoms with Crippen LogP contribution in [0, 0.1) is 10.8 Å². The van der Waals surface area contributed by atoms with Crippen molar-refractivity contribution >= 4 is 105 Å². The molecular formula is C84H70SiZr. The van der Waals surface area contributed by atoms with Gasteiger partial charge in [-0.1, -0.05) is 0 Å². The molecule has 14 aromatic rings. The van der Waals surface area contributed by atoms with Gasteiger partial charge in [0.05, 0.1) is 0 Å². The number of benzene rings is 14. The van der Waals surface area contributed by atoms with E-state index in [1.54, 1.807) is 11.1 Å². The molecule has 0 nitrogen and oxygen atoms in total. The molecule has 86 heavy (non-hydrogen) atoms. The number of rotatable bonds is 6. The molecule has 0 spiro atoms. The molecule has 0 saturated carbocycles. The summed E-state index contributed by atoms with van der Waals surface area (Å²) in [7, 11) is 0. The van der Waals surface area contributed by atoms with Crippen molar-refractivity contribution in [3.63, 3.8) is 0 Å². The van der Waals surface area contributed by atoms with Crippen molar-refractivity contribution in [2.75, 3.05) is 0 Å². The quantitative estimate of drug-likeness (QED) is 0.115. The number of allylic oxidation sites excluding steroid dienone is 2. The number of hydrogen-bond donors (Lipinski definition) is 0. The summed E-state index contributed by atoms with van der Waals surface area (Å²) in [6.07, 6.45) is 5.51. The molecule has 2 atom stereocenters. The molecule has 2 unspecified atom stereocenters. The monoisotopic (exact) mass is 1200 g/mol. The van der Waals surface area contributed by atoms with Crippen molar-refractivity contribution < 1.29 is 17.4 Å². The minimum absolute atomic E-state index is 0.138. The number of hydrogen-bond acceptors (Lipinski definition) is 0. The van der Waals surface area contributed by atoms with Crippen LogP contribution < -0.4 is 0 Å². The fourth-order valence-electron chi connectivity index (χ4n) is 16.5. The molecule has 0 fully saturated rings. The Kier molecular flexibility index (Phi) is 11.8. The van der Waals surface area contributed by atoms with Gasteiger partial charge in [-0.3, -0.25) is 0 Å². The van der Waals surface area contributed by atoms with E-state index in [2.05, 4.69) is 312 Å². The summed E-state index contributed by atoms with van der Waals surface area (Å²) in [5.74, 6) is 0. The predicted octanol–water partition coefficient (Wildman–Crippen LogP) is 23.6. The summed E-state index contributed by atoms with van der Waals surface area (Å²) in [6, 6.07) is 93.1. The van der Waals surface area contributed by atoms with Gasteiger partial charge in [-0.2, -0.15) is 0 Å². The van der Waals surface area contributed by atoms with Crippen LogP contribution in [0.2, 0.25) is 9.26 Å². The van der Waals surface area contributed by atoms with E-state index in [1.165, 1.54) is 153 Å². The van der Waals surface area contributed by atoms with Gasteiger partial charge in [-0.15, -0.1) is 0 Å². The van der Waals surface area contributed by atoms with Gasteiger partial charge in [0.15, 0.2) is 0 Å². The Morgan fingerprint density at radius 2 is 0.477 bits per heavy atom. The predicted molar refractivity (Wildman–Crippen MR) is 375 cm³/mol. The summed E-state index contributed by atoms with van der Waals surface area (Å²) in [6.45, 7) is 17.6. The maximum atomic E-state index is 2.91. The van der Waals surface area contributed by atoms with Crippen molar-refractivity contribution in [1.29, 1.82) is 0 Å². The third-order valence-electron chi connectivity index (χ3n) is 20.2. The topological polar surface area (TPSA) is 0 Å². The third-order valence-corrected chi connectivity index (χ3v) is 37.3. The molecule has 16 rings (SSSR count). The van der Waals surface area contributed by atoms with Crippen LogP contribution in [0.15, 0.2) is 254 Å². The molecule has 0 N–H and O–H groups in total. The van der Waals surface area contributed by atoms with Crippen LogP contribution in [0.5, 0.6) is 0 Å². The minimum atomic E-state index is -4.88. The van der Waals surface area contributed by atoms with E-state index in [-0.39, 0.29) is 18.1 Å². The molecule has 0 saturated heterocycles. The van der Waals surface area contributed by atoms with Crippen LogP contribution >= 0.6 is 0 Å². The molecule has 0 aliphatic heterocycles. The van der Waals surface area contributed by atoms with E-state index < -0.39 is 17.4 Å². The Bertz CT molecular complexity index is 4870. The van der Waals surface area contributed by atoms with E-state index in [4.69, 9.17) is 0 Å². The average Bonchev–Trinajstić information content (AvgIpc) is 1.70. The van der Waals surface area contributed by atoms with Gasteiger partial charge in [-0.25, -0.2) is 0 Å². The Morgan fingerprint density at radius 1 is 0.279 bits per heavy atom. The van der Waals surface area contributed by atoms with E-state index in [0.29, 0.717) is 0 Å². The van der Waals surface area contributed by atoms with Crippen molar-refractivity contribution in [3.05, 3.63) is 276 Å². The van der Waals surface area contributed by atoms with Crippen LogP contribution in [-0.2, 0) is 17.4 Å². The maximum absolute atomic E-state index is 4.88. The normalized spacial score (nSPS) is 15.6. The first kappa shape index (κ1) is 53.2. The molecule has 0 amide bonds. The first-order chi connectivity index (χ1) is 41.5. The van der Waals surface area contributed by atoms with Crippen molar-refractivity contribution in [2.24, 2.45) is 10.8 Å². The second-order valence-electron chi connectivity index (χ2n) is 28.3. The molecule has 0 radical (unpaired) electrons. The fraction of sp³-hybridized carbons (Fsp3) is 0.143. The van der Waals surface area contributed by atoms with Gasteiger partial charge in [0.25, 0.3) is 0 Å². The number of fused-ring (bicyclic) bond motifs is 10. The Labute approximate surface area is 508 Å². The SMILES string of the molecule is CC(C)(C)C1=Cc2c(-c3c4ccccc4cc4ccccc34)ccc(-c3c4ccccc4cc4ccccc34)c2[CH]1[Zr]([CH3])([CH3])(=[SiH2])[CH]1C(C(C)(C)C)=Cc2c(-c3c4ccccc4cc4ccccc34)ccc(-c3c4ccccc4cc4ccccc34)c21. The van der Waals surface area contributed by atoms with Crippen LogP contribution in [0.25, 0.3) is 143 Å². The molecule has 0 bridgehead atoms. The van der Waals surface area contributed by atoms with Crippen LogP contribution in [0.1, 0.15) is 71.0 Å². The van der Waals surface area contributed by atoms with E-state index in [1.807, 2.05) is 0 Å². The third kappa shape index (κ3) is 8.02. The average molecular weight is 1200 g/mol. The van der Waals surface area contributed by atoms with Gasteiger partial charge in [0.1, 0.15) is 0 Å². The molecule has 0 heterocycles. The van der Waals surface area contributed by atoms with Crippen LogP contribution in [0.3, 0.4) is 0 Å². The summed E-state index contributed by atoms with van der Waals surface area (Å²) in [5.41, 5.74) is 19.3. The molecule has 0 aromatic heterocycles. The van der Waals surface area contributed by atoms with Gasteiger partial charge >= 0.3 is 512 Å². The molecule has 414 valence electrons. The van der Waals surface area contributed by atoms with Gasteiger partial charge in [0.2, 0.25) is 0 Å². The Hall–Kier alpha value is -8.26.